The summed E-state index contributed by atoms with van der Waals surface area (Å²) in [6.45, 7) is 1.92. The quantitative estimate of drug-likeness (QED) is 0.451. The predicted octanol–water partition coefficient (Wildman–Crippen LogP) is 2.82. The normalized spacial score (nSPS) is 15.5. The molecule has 10 heteroatoms. The molecule has 0 bridgehead atoms. The first kappa shape index (κ1) is 26.0. The van der Waals surface area contributed by atoms with Crippen LogP contribution in [0.1, 0.15) is 28.8 Å². The maximum Gasteiger partial charge on any atom is 0.272 e. The van der Waals surface area contributed by atoms with Crippen molar-refractivity contribution in [3.63, 3.8) is 0 Å². The number of halogens is 2. The van der Waals surface area contributed by atoms with Gasteiger partial charge in [0.05, 0.1) is 16.1 Å². The second-order valence-corrected chi connectivity index (χ2v) is 9.13. The van der Waals surface area contributed by atoms with Gasteiger partial charge in [0.2, 0.25) is 5.91 Å². The van der Waals surface area contributed by atoms with Crippen LogP contribution in [0.4, 0.5) is 0 Å². The molecule has 0 saturated carbocycles. The van der Waals surface area contributed by atoms with Crippen LogP contribution in [0.15, 0.2) is 42.5 Å². The number of β-amino-alcohol motifs (C(OH)–C–C–N with tert-alkyl or cyclic N) is 1. The number of hydrogen-bond acceptors (Lipinski definition) is 6. The van der Waals surface area contributed by atoms with Crippen molar-refractivity contribution in [2.24, 2.45) is 5.73 Å². The SMILES string of the molecule is CN(C[C@@H](O)CN1CCC(Oc2ccc(Cl)c(Cl)c2)CC1)C(=O)C(=N)c1ccccc1C(N)=O. The Hall–Kier alpha value is -2.65. The Labute approximate surface area is 208 Å². The van der Waals surface area contributed by atoms with Crippen LogP contribution in [0.2, 0.25) is 10.0 Å². The third-order valence-corrected chi connectivity index (χ3v) is 6.44. The second kappa shape index (κ2) is 11.7. The van der Waals surface area contributed by atoms with Crippen LogP contribution < -0.4 is 10.5 Å². The van der Waals surface area contributed by atoms with Crippen LogP contribution in [0.3, 0.4) is 0 Å². The minimum Gasteiger partial charge on any atom is -0.490 e. The molecule has 1 aliphatic rings. The van der Waals surface area contributed by atoms with Crippen LogP contribution in [0, 0.1) is 5.41 Å². The van der Waals surface area contributed by atoms with Crippen molar-refractivity contribution in [2.45, 2.75) is 25.0 Å². The number of primary amides is 1. The van der Waals surface area contributed by atoms with Crippen LogP contribution in [-0.2, 0) is 4.79 Å². The molecule has 0 aliphatic carbocycles. The Morgan fingerprint density at radius 2 is 1.82 bits per heavy atom. The number of carbonyl (C=O) groups is 2. The molecular formula is C24H28Cl2N4O4. The highest BCUT2D eigenvalue weighted by Gasteiger charge is 2.25. The number of hydrogen-bond donors (Lipinski definition) is 3. The Balaban J connectivity index is 1.47. The Kier molecular flexibility index (Phi) is 8.90. The monoisotopic (exact) mass is 506 g/mol. The summed E-state index contributed by atoms with van der Waals surface area (Å²) < 4.78 is 5.99. The van der Waals surface area contributed by atoms with E-state index in [4.69, 9.17) is 39.1 Å². The Morgan fingerprint density at radius 3 is 2.44 bits per heavy atom. The molecule has 1 heterocycles. The molecule has 0 unspecified atom stereocenters. The first-order chi connectivity index (χ1) is 16.2. The van der Waals surface area contributed by atoms with E-state index in [9.17, 15) is 14.7 Å². The topological polar surface area (TPSA) is 120 Å². The van der Waals surface area contributed by atoms with Crippen molar-refractivity contribution in [2.75, 3.05) is 33.2 Å². The molecule has 1 saturated heterocycles. The lowest BCUT2D eigenvalue weighted by Gasteiger charge is -2.34. The molecule has 1 fully saturated rings. The summed E-state index contributed by atoms with van der Waals surface area (Å²) >= 11 is 12.0. The molecule has 182 valence electrons. The number of likely N-dealkylation sites (N-methyl/N-ethyl adjacent to an activating group) is 1. The van der Waals surface area contributed by atoms with E-state index in [1.54, 1.807) is 30.3 Å². The number of ether oxygens (including phenoxy) is 1. The van der Waals surface area contributed by atoms with E-state index in [-0.39, 0.29) is 29.5 Å². The van der Waals surface area contributed by atoms with Gasteiger partial charge in [-0.05, 0) is 31.0 Å². The van der Waals surface area contributed by atoms with Gasteiger partial charge in [0.25, 0.3) is 5.91 Å². The van der Waals surface area contributed by atoms with Crippen LogP contribution >= 0.6 is 23.2 Å². The van der Waals surface area contributed by atoms with E-state index < -0.39 is 17.9 Å². The van der Waals surface area contributed by atoms with Crippen molar-refractivity contribution in [1.29, 1.82) is 5.41 Å². The first-order valence-electron chi connectivity index (χ1n) is 10.9. The van der Waals surface area contributed by atoms with Crippen LogP contribution in [0.25, 0.3) is 0 Å². The fourth-order valence-corrected chi connectivity index (χ4v) is 4.22. The van der Waals surface area contributed by atoms with E-state index in [0.717, 1.165) is 25.9 Å². The number of rotatable bonds is 9. The summed E-state index contributed by atoms with van der Waals surface area (Å²) in [6, 6.07) is 11.4. The highest BCUT2D eigenvalue weighted by atomic mass is 35.5. The number of nitrogens with two attached hydrogens (primary N) is 1. The zero-order valence-corrected chi connectivity index (χ0v) is 20.4. The zero-order valence-electron chi connectivity index (χ0n) is 18.8. The molecule has 2 aromatic rings. The van der Waals surface area contributed by atoms with E-state index >= 15 is 0 Å². The van der Waals surface area contributed by atoms with Gasteiger partial charge < -0.3 is 25.4 Å². The van der Waals surface area contributed by atoms with Crippen molar-refractivity contribution in [3.05, 3.63) is 63.6 Å². The van der Waals surface area contributed by atoms with E-state index in [1.807, 2.05) is 0 Å². The molecule has 0 spiro atoms. The summed E-state index contributed by atoms with van der Waals surface area (Å²) in [5, 5.41) is 19.7. The van der Waals surface area contributed by atoms with Gasteiger partial charge in [0.15, 0.2) is 0 Å². The van der Waals surface area contributed by atoms with Crippen molar-refractivity contribution in [1.82, 2.24) is 9.80 Å². The summed E-state index contributed by atoms with van der Waals surface area (Å²) in [4.78, 5) is 27.7. The third-order valence-electron chi connectivity index (χ3n) is 5.70. The van der Waals surface area contributed by atoms with Gasteiger partial charge in [-0.3, -0.25) is 15.0 Å². The Bertz CT molecular complexity index is 1060. The third kappa shape index (κ3) is 6.70. The number of likely N-dealkylation sites (tertiary alicyclic amines) is 1. The number of piperidine rings is 1. The lowest BCUT2D eigenvalue weighted by Crippen LogP contribution is -2.46. The van der Waals surface area contributed by atoms with Gasteiger partial charge in [0.1, 0.15) is 17.6 Å². The van der Waals surface area contributed by atoms with Gasteiger partial charge >= 0.3 is 0 Å². The summed E-state index contributed by atoms with van der Waals surface area (Å²) in [7, 11) is 1.52. The molecule has 4 N–H and O–H groups in total. The number of aliphatic hydroxyl groups excluding tert-OH is 1. The molecule has 2 aromatic carbocycles. The van der Waals surface area contributed by atoms with Gasteiger partial charge in [-0.2, -0.15) is 0 Å². The maximum absolute atomic E-state index is 12.7. The molecule has 0 aromatic heterocycles. The first-order valence-corrected chi connectivity index (χ1v) is 11.7. The zero-order chi connectivity index (χ0) is 24.8. The number of aliphatic hydroxyl groups is 1. The van der Waals surface area contributed by atoms with Crippen molar-refractivity contribution >= 4 is 40.7 Å². The average molecular weight is 507 g/mol. The standard InChI is InChI=1S/C24H28Cl2N4O4/c1-29(24(33)22(27)18-4-2-3-5-19(18)23(28)32)13-15(31)14-30-10-8-16(9-11-30)34-17-6-7-20(25)21(26)12-17/h2-7,12,15-16,27,31H,8-11,13-14H2,1H3,(H2,28,32)/t15-/m1/s1. The minimum absolute atomic E-state index is 0.0423. The predicted molar refractivity (Wildman–Crippen MR) is 132 cm³/mol. The molecule has 0 radical (unpaired) electrons. The maximum atomic E-state index is 12.7. The highest BCUT2D eigenvalue weighted by molar-refractivity contribution is 6.45. The Morgan fingerprint density at radius 1 is 1.18 bits per heavy atom. The van der Waals surface area contributed by atoms with Crippen molar-refractivity contribution < 1.29 is 19.4 Å². The van der Waals surface area contributed by atoms with Gasteiger partial charge in [0, 0.05) is 50.4 Å². The molecule has 1 aliphatic heterocycles. The van der Waals surface area contributed by atoms with Gasteiger partial charge in [-0.25, -0.2) is 0 Å². The lowest BCUT2D eigenvalue weighted by molar-refractivity contribution is -0.124. The number of amides is 2. The summed E-state index contributed by atoms with van der Waals surface area (Å²) in [6.07, 6.45) is 0.827. The summed E-state index contributed by atoms with van der Waals surface area (Å²) in [5.74, 6) is -0.628. The smallest absolute Gasteiger partial charge is 0.272 e. The van der Waals surface area contributed by atoms with Crippen molar-refractivity contribution in [3.8, 4) is 5.75 Å². The number of benzene rings is 2. The largest absolute Gasteiger partial charge is 0.490 e. The fraction of sp³-hybridized carbons (Fsp3) is 0.375. The fourth-order valence-electron chi connectivity index (χ4n) is 3.93. The number of carbonyl (C=O) groups excluding carboxylic acids is 2. The molecule has 2 amide bonds. The van der Waals surface area contributed by atoms with E-state index in [1.165, 1.54) is 24.1 Å². The second-order valence-electron chi connectivity index (χ2n) is 8.32. The minimum atomic E-state index is -0.791. The van der Waals surface area contributed by atoms with E-state index in [2.05, 4.69) is 4.90 Å². The lowest BCUT2D eigenvalue weighted by atomic mass is 10.0. The molecule has 34 heavy (non-hydrogen) atoms. The van der Waals surface area contributed by atoms with Gasteiger partial charge in [-0.1, -0.05) is 41.4 Å². The van der Waals surface area contributed by atoms with E-state index in [0.29, 0.717) is 22.3 Å². The van der Waals surface area contributed by atoms with Crippen LogP contribution in [0.5, 0.6) is 5.75 Å². The number of nitrogens with zero attached hydrogens (tertiary/aromatic N) is 2. The average Bonchev–Trinajstić information content (AvgIpc) is 2.81. The molecule has 8 nitrogen and oxygen atoms in total. The van der Waals surface area contributed by atoms with Gasteiger partial charge in [-0.15, -0.1) is 0 Å². The highest BCUT2D eigenvalue weighted by Crippen LogP contribution is 2.28. The molecule has 1 atom stereocenters. The summed E-state index contributed by atoms with van der Waals surface area (Å²) in [5.41, 5.74) is 5.29. The molecular weight excluding hydrogens is 479 g/mol. The molecule has 3 rings (SSSR count). The van der Waals surface area contributed by atoms with Crippen LogP contribution in [-0.4, -0.2) is 77.9 Å². The number of nitrogens with one attached hydrogen (secondary N) is 1.